The number of amides is 1. The summed E-state index contributed by atoms with van der Waals surface area (Å²) in [5.41, 5.74) is 0. The lowest BCUT2D eigenvalue weighted by Gasteiger charge is -2.27. The van der Waals surface area contributed by atoms with Gasteiger partial charge in [-0.2, -0.15) is 0 Å². The Bertz CT molecular complexity index is 236. The fourth-order valence-electron chi connectivity index (χ4n) is 1.99. The van der Waals surface area contributed by atoms with Crippen molar-refractivity contribution >= 4 is 18.3 Å². The van der Waals surface area contributed by atoms with Gasteiger partial charge in [0.05, 0.1) is 6.10 Å². The fourth-order valence-corrected chi connectivity index (χ4v) is 1.99. The monoisotopic (exact) mass is 248 g/mol. The number of ether oxygens (including phenoxy) is 1. The molecule has 5 heteroatoms. The summed E-state index contributed by atoms with van der Waals surface area (Å²) >= 11 is 0. The highest BCUT2D eigenvalue weighted by Gasteiger charge is 2.29. The molecule has 94 valence electrons. The number of nitrogens with one attached hydrogen (secondary N) is 1. The molecule has 4 nitrogen and oxygen atoms in total. The molecule has 1 amide bonds. The maximum atomic E-state index is 11.8. The second-order valence-corrected chi connectivity index (χ2v) is 4.84. The number of rotatable bonds is 3. The summed E-state index contributed by atoms with van der Waals surface area (Å²) in [6, 6.07) is 0. The van der Waals surface area contributed by atoms with Gasteiger partial charge < -0.3 is 15.0 Å². The molecule has 0 radical (unpaired) electrons. The van der Waals surface area contributed by atoms with Crippen molar-refractivity contribution in [2.75, 3.05) is 32.8 Å². The zero-order valence-corrected chi connectivity index (χ0v) is 10.8. The van der Waals surface area contributed by atoms with E-state index in [2.05, 4.69) is 19.2 Å². The Morgan fingerprint density at radius 2 is 1.88 bits per heavy atom. The minimum absolute atomic E-state index is 0. The van der Waals surface area contributed by atoms with Crippen molar-refractivity contribution in [3.8, 4) is 0 Å². The number of hydrogen-bond acceptors (Lipinski definition) is 3. The van der Waals surface area contributed by atoms with Crippen LogP contribution < -0.4 is 5.32 Å². The van der Waals surface area contributed by atoms with Crippen LogP contribution in [0.5, 0.6) is 0 Å². The summed E-state index contributed by atoms with van der Waals surface area (Å²) in [5.74, 6) is 1.40. The Morgan fingerprint density at radius 3 is 2.31 bits per heavy atom. The number of carbonyl (C=O) groups is 1. The highest BCUT2D eigenvalue weighted by molar-refractivity contribution is 5.85. The minimum Gasteiger partial charge on any atom is -0.366 e. The van der Waals surface area contributed by atoms with Crippen LogP contribution in [0.4, 0.5) is 0 Å². The van der Waals surface area contributed by atoms with Crippen LogP contribution >= 0.6 is 12.4 Å². The Morgan fingerprint density at radius 1 is 1.31 bits per heavy atom. The van der Waals surface area contributed by atoms with Gasteiger partial charge in [0.2, 0.25) is 5.91 Å². The summed E-state index contributed by atoms with van der Waals surface area (Å²) in [6.45, 7) is 8.23. The third-order valence-electron chi connectivity index (χ3n) is 3.53. The largest absolute Gasteiger partial charge is 0.366 e. The van der Waals surface area contributed by atoms with Gasteiger partial charge in [-0.25, -0.2) is 0 Å². The van der Waals surface area contributed by atoms with Crippen LogP contribution in [0.3, 0.4) is 0 Å². The highest BCUT2D eigenvalue weighted by Crippen LogP contribution is 2.22. The SMILES string of the molecule is CC1CN(C(=O)COC2CNC2)CC1C.Cl. The van der Waals surface area contributed by atoms with Crippen molar-refractivity contribution in [3.63, 3.8) is 0 Å². The van der Waals surface area contributed by atoms with E-state index in [-0.39, 0.29) is 31.0 Å². The lowest BCUT2D eigenvalue weighted by Crippen LogP contribution is -2.49. The van der Waals surface area contributed by atoms with Crippen molar-refractivity contribution in [1.29, 1.82) is 0 Å². The standard InChI is InChI=1S/C11H20N2O2.ClH/c1-8-5-13(6-9(8)2)11(14)7-15-10-3-12-4-10;/h8-10,12H,3-7H2,1-2H3;1H. The molecule has 2 aliphatic rings. The van der Waals surface area contributed by atoms with Crippen LogP contribution in [0.1, 0.15) is 13.8 Å². The van der Waals surface area contributed by atoms with Gasteiger partial charge in [-0.05, 0) is 11.8 Å². The highest BCUT2D eigenvalue weighted by atomic mass is 35.5. The maximum Gasteiger partial charge on any atom is 0.248 e. The lowest BCUT2D eigenvalue weighted by molar-refractivity contribution is -0.138. The Hall–Kier alpha value is -0.320. The van der Waals surface area contributed by atoms with E-state index < -0.39 is 0 Å². The molecule has 2 fully saturated rings. The molecule has 2 unspecified atom stereocenters. The topological polar surface area (TPSA) is 41.6 Å². The number of carbonyl (C=O) groups excluding carboxylic acids is 1. The average Bonchev–Trinajstić information content (AvgIpc) is 2.44. The van der Waals surface area contributed by atoms with E-state index in [1.165, 1.54) is 0 Å². The summed E-state index contributed by atoms with van der Waals surface area (Å²) in [4.78, 5) is 13.7. The lowest BCUT2D eigenvalue weighted by atomic mass is 10.0. The molecule has 2 atom stereocenters. The molecule has 16 heavy (non-hydrogen) atoms. The summed E-state index contributed by atoms with van der Waals surface area (Å²) in [5, 5.41) is 3.12. The van der Waals surface area contributed by atoms with Gasteiger partial charge >= 0.3 is 0 Å². The van der Waals surface area contributed by atoms with Crippen molar-refractivity contribution in [1.82, 2.24) is 10.2 Å². The zero-order valence-electron chi connectivity index (χ0n) is 9.94. The van der Waals surface area contributed by atoms with E-state index in [1.54, 1.807) is 0 Å². The van der Waals surface area contributed by atoms with Gasteiger partial charge in [0.15, 0.2) is 0 Å². The fraction of sp³-hybridized carbons (Fsp3) is 0.909. The summed E-state index contributed by atoms with van der Waals surface area (Å²) < 4.78 is 5.47. The number of halogens is 1. The Balaban J connectivity index is 0.00000128. The predicted molar refractivity (Wildman–Crippen MR) is 64.8 cm³/mol. The van der Waals surface area contributed by atoms with Crippen LogP contribution in [-0.2, 0) is 9.53 Å². The molecule has 0 saturated carbocycles. The maximum absolute atomic E-state index is 11.8. The van der Waals surface area contributed by atoms with Gasteiger partial charge in [0.25, 0.3) is 0 Å². The molecule has 0 aliphatic carbocycles. The van der Waals surface area contributed by atoms with Crippen molar-refractivity contribution < 1.29 is 9.53 Å². The van der Waals surface area contributed by atoms with Crippen molar-refractivity contribution in [3.05, 3.63) is 0 Å². The smallest absolute Gasteiger partial charge is 0.248 e. The molecular weight excluding hydrogens is 228 g/mol. The number of nitrogens with zero attached hydrogens (tertiary/aromatic N) is 1. The third kappa shape index (κ3) is 3.09. The van der Waals surface area contributed by atoms with Gasteiger partial charge in [0, 0.05) is 26.2 Å². The summed E-state index contributed by atoms with van der Waals surface area (Å²) in [7, 11) is 0. The normalized spacial score (nSPS) is 29.8. The minimum atomic E-state index is 0. The molecule has 2 aliphatic heterocycles. The molecule has 0 aromatic rings. The molecular formula is C11H21ClN2O2. The summed E-state index contributed by atoms with van der Waals surface area (Å²) in [6.07, 6.45) is 0.256. The predicted octanol–water partition coefficient (Wildman–Crippen LogP) is 0.511. The molecule has 0 aromatic carbocycles. The van der Waals surface area contributed by atoms with Crippen LogP contribution in [0.25, 0.3) is 0 Å². The van der Waals surface area contributed by atoms with Gasteiger partial charge in [0.1, 0.15) is 6.61 Å². The number of likely N-dealkylation sites (tertiary alicyclic amines) is 1. The van der Waals surface area contributed by atoms with E-state index in [4.69, 9.17) is 4.74 Å². The average molecular weight is 249 g/mol. The number of hydrogen-bond donors (Lipinski definition) is 1. The van der Waals surface area contributed by atoms with Gasteiger partial charge in [-0.1, -0.05) is 13.8 Å². The Labute approximate surface area is 103 Å². The first-order chi connectivity index (χ1) is 7.16. The van der Waals surface area contributed by atoms with E-state index in [0.717, 1.165) is 26.2 Å². The molecule has 0 bridgehead atoms. The van der Waals surface area contributed by atoms with E-state index in [0.29, 0.717) is 11.8 Å². The second kappa shape index (κ2) is 5.84. The Kier molecular flexibility index (Phi) is 5.02. The van der Waals surface area contributed by atoms with Crippen LogP contribution in [-0.4, -0.2) is 49.7 Å². The van der Waals surface area contributed by atoms with Crippen LogP contribution in [0.15, 0.2) is 0 Å². The first kappa shape index (κ1) is 13.7. The van der Waals surface area contributed by atoms with Crippen molar-refractivity contribution in [2.24, 2.45) is 11.8 Å². The second-order valence-electron chi connectivity index (χ2n) is 4.84. The van der Waals surface area contributed by atoms with Crippen LogP contribution in [0.2, 0.25) is 0 Å². The van der Waals surface area contributed by atoms with E-state index >= 15 is 0 Å². The first-order valence-electron chi connectivity index (χ1n) is 5.77. The molecule has 1 N–H and O–H groups in total. The molecule has 2 saturated heterocycles. The molecule has 0 spiro atoms. The van der Waals surface area contributed by atoms with Crippen LogP contribution in [0, 0.1) is 11.8 Å². The van der Waals surface area contributed by atoms with Gasteiger partial charge in [-0.3, -0.25) is 4.79 Å². The van der Waals surface area contributed by atoms with Gasteiger partial charge in [-0.15, -0.1) is 12.4 Å². The van der Waals surface area contributed by atoms with E-state index in [9.17, 15) is 4.79 Å². The van der Waals surface area contributed by atoms with Crippen molar-refractivity contribution in [2.45, 2.75) is 20.0 Å². The zero-order chi connectivity index (χ0) is 10.8. The molecule has 0 aromatic heterocycles. The van der Waals surface area contributed by atoms with E-state index in [1.807, 2.05) is 4.90 Å². The molecule has 2 rings (SSSR count). The quantitative estimate of drug-likeness (QED) is 0.792. The third-order valence-corrected chi connectivity index (χ3v) is 3.53. The first-order valence-corrected chi connectivity index (χ1v) is 5.77. The molecule has 2 heterocycles.